The van der Waals surface area contributed by atoms with E-state index < -0.39 is 11.9 Å². The van der Waals surface area contributed by atoms with E-state index in [4.69, 9.17) is 5.11 Å². The van der Waals surface area contributed by atoms with Crippen LogP contribution in [0.25, 0.3) is 0 Å². The molecule has 6 heteroatoms. The number of carbonyl (C=O) groups excluding carboxylic acids is 1. The van der Waals surface area contributed by atoms with Gasteiger partial charge in [-0.3, -0.25) is 9.59 Å². The molecule has 90 valence electrons. The molecule has 0 aromatic heterocycles. The van der Waals surface area contributed by atoms with Crippen LogP contribution in [0.3, 0.4) is 0 Å². The van der Waals surface area contributed by atoms with Gasteiger partial charge in [-0.2, -0.15) is 0 Å². The molecule has 0 radical (unpaired) electrons. The van der Waals surface area contributed by atoms with Gasteiger partial charge in [-0.05, 0) is 56.7 Å². The molecule has 2 rings (SSSR count). The molecule has 0 unspecified atom stereocenters. The van der Waals surface area contributed by atoms with E-state index in [-0.39, 0.29) is 5.91 Å². The van der Waals surface area contributed by atoms with E-state index in [1.807, 2.05) is 12.1 Å². The van der Waals surface area contributed by atoms with Crippen molar-refractivity contribution in [3.05, 3.63) is 31.8 Å². The summed E-state index contributed by atoms with van der Waals surface area (Å²) < 4.78 is 1.71. The van der Waals surface area contributed by atoms with Crippen LogP contribution in [0.15, 0.2) is 22.7 Å². The van der Waals surface area contributed by atoms with Crippen molar-refractivity contribution >= 4 is 50.4 Å². The van der Waals surface area contributed by atoms with Gasteiger partial charge in [-0.15, -0.1) is 0 Å². The lowest BCUT2D eigenvalue weighted by Crippen LogP contribution is -2.53. The molecule has 0 saturated carbocycles. The van der Waals surface area contributed by atoms with Crippen LogP contribution in [-0.4, -0.2) is 35.0 Å². The molecular weight excluding hydrogens is 401 g/mol. The second kappa shape index (κ2) is 4.93. The summed E-state index contributed by atoms with van der Waals surface area (Å²) in [7, 11) is 0. The molecule has 1 aliphatic rings. The van der Waals surface area contributed by atoms with Crippen LogP contribution in [0.2, 0.25) is 0 Å². The summed E-state index contributed by atoms with van der Waals surface area (Å²) in [4.78, 5) is 24.3. The normalized spacial score (nSPS) is 15.5. The number of aliphatic carboxylic acids is 1. The van der Waals surface area contributed by atoms with Gasteiger partial charge in [0.25, 0.3) is 5.91 Å². The standard InChI is InChI=1S/C11H9BrINO3/c12-9-2-1-7(13)3-8(9)10(15)14-4-6(5-14)11(16)17/h1-3,6H,4-5H2,(H,16,17). The van der Waals surface area contributed by atoms with Gasteiger partial charge in [0.05, 0.1) is 11.5 Å². The van der Waals surface area contributed by atoms with Crippen molar-refractivity contribution < 1.29 is 14.7 Å². The topological polar surface area (TPSA) is 57.6 Å². The predicted octanol–water partition coefficient (Wildman–Crippen LogP) is 2.21. The number of benzene rings is 1. The van der Waals surface area contributed by atoms with Crippen molar-refractivity contribution in [3.63, 3.8) is 0 Å². The van der Waals surface area contributed by atoms with Crippen molar-refractivity contribution in [1.82, 2.24) is 4.90 Å². The zero-order chi connectivity index (χ0) is 12.6. The van der Waals surface area contributed by atoms with Crippen molar-refractivity contribution in [2.75, 3.05) is 13.1 Å². The smallest absolute Gasteiger partial charge is 0.310 e. The number of rotatable bonds is 2. The largest absolute Gasteiger partial charge is 0.481 e. The van der Waals surface area contributed by atoms with Crippen LogP contribution < -0.4 is 0 Å². The molecule has 0 spiro atoms. The van der Waals surface area contributed by atoms with Crippen molar-refractivity contribution in [2.24, 2.45) is 5.92 Å². The molecule has 17 heavy (non-hydrogen) atoms. The minimum atomic E-state index is -0.837. The quantitative estimate of drug-likeness (QED) is 0.762. The average Bonchev–Trinajstić information content (AvgIpc) is 2.18. The van der Waals surface area contributed by atoms with Crippen LogP contribution >= 0.6 is 38.5 Å². The van der Waals surface area contributed by atoms with E-state index in [0.29, 0.717) is 18.7 Å². The highest BCUT2D eigenvalue weighted by Gasteiger charge is 2.36. The second-order valence-electron chi connectivity index (χ2n) is 3.87. The molecule has 0 bridgehead atoms. The number of amides is 1. The molecule has 1 saturated heterocycles. The lowest BCUT2D eigenvalue weighted by Gasteiger charge is -2.36. The first-order valence-corrected chi connectivity index (χ1v) is 6.83. The molecule has 1 aliphatic heterocycles. The maximum Gasteiger partial charge on any atom is 0.310 e. The molecule has 1 aromatic carbocycles. The number of carbonyl (C=O) groups is 2. The molecule has 1 N–H and O–H groups in total. The van der Waals surface area contributed by atoms with Gasteiger partial charge in [-0.1, -0.05) is 0 Å². The Morgan fingerprint density at radius 3 is 2.65 bits per heavy atom. The fourth-order valence-electron chi connectivity index (χ4n) is 1.63. The van der Waals surface area contributed by atoms with E-state index in [1.165, 1.54) is 0 Å². The van der Waals surface area contributed by atoms with Gasteiger partial charge < -0.3 is 10.0 Å². The highest BCUT2D eigenvalue weighted by atomic mass is 127. The minimum Gasteiger partial charge on any atom is -0.481 e. The van der Waals surface area contributed by atoms with Crippen molar-refractivity contribution in [3.8, 4) is 0 Å². The number of carboxylic acid groups (broad SMARTS) is 1. The summed E-state index contributed by atoms with van der Waals surface area (Å²) in [5.41, 5.74) is 0.584. The van der Waals surface area contributed by atoms with Gasteiger partial charge in [0.2, 0.25) is 0 Å². The molecule has 0 aliphatic carbocycles. The Hall–Kier alpha value is -0.630. The molecule has 1 aromatic rings. The van der Waals surface area contributed by atoms with E-state index in [1.54, 1.807) is 11.0 Å². The third kappa shape index (κ3) is 2.62. The number of hydrogen-bond acceptors (Lipinski definition) is 2. The summed E-state index contributed by atoms with van der Waals surface area (Å²) in [6, 6.07) is 5.52. The van der Waals surface area contributed by atoms with Crippen LogP contribution in [0.4, 0.5) is 0 Å². The van der Waals surface area contributed by atoms with Crippen molar-refractivity contribution in [2.45, 2.75) is 0 Å². The third-order valence-corrected chi connectivity index (χ3v) is 4.04. The number of nitrogens with zero attached hydrogens (tertiary/aromatic N) is 1. The Bertz CT molecular complexity index is 486. The Morgan fingerprint density at radius 1 is 1.41 bits per heavy atom. The van der Waals surface area contributed by atoms with Crippen LogP contribution in [0.5, 0.6) is 0 Å². The zero-order valence-electron chi connectivity index (χ0n) is 8.69. The van der Waals surface area contributed by atoms with Gasteiger partial charge in [0.15, 0.2) is 0 Å². The SMILES string of the molecule is O=C(O)C1CN(C(=O)c2cc(I)ccc2Br)C1. The van der Waals surface area contributed by atoms with E-state index >= 15 is 0 Å². The summed E-state index contributed by atoms with van der Waals surface area (Å²) in [6.45, 7) is 0.595. The Kier molecular flexibility index (Phi) is 3.72. The molecule has 1 amide bonds. The third-order valence-electron chi connectivity index (χ3n) is 2.68. The highest BCUT2D eigenvalue weighted by Crippen LogP contribution is 2.25. The Labute approximate surface area is 120 Å². The lowest BCUT2D eigenvalue weighted by atomic mass is 9.99. The van der Waals surface area contributed by atoms with Crippen LogP contribution in [0.1, 0.15) is 10.4 Å². The number of halogens is 2. The molecular formula is C11H9BrINO3. The number of carboxylic acids is 1. The summed E-state index contributed by atoms with van der Waals surface area (Å²) in [5, 5.41) is 8.75. The minimum absolute atomic E-state index is 0.118. The van der Waals surface area contributed by atoms with Crippen molar-refractivity contribution in [1.29, 1.82) is 0 Å². The molecule has 1 fully saturated rings. The second-order valence-corrected chi connectivity index (χ2v) is 5.97. The first-order chi connectivity index (χ1) is 7.99. The molecule has 1 heterocycles. The summed E-state index contributed by atoms with van der Waals surface area (Å²) >= 11 is 5.47. The van der Waals surface area contributed by atoms with E-state index in [9.17, 15) is 9.59 Å². The molecule has 4 nitrogen and oxygen atoms in total. The average molecular weight is 410 g/mol. The van der Waals surface area contributed by atoms with E-state index in [0.717, 1.165) is 8.04 Å². The maximum absolute atomic E-state index is 12.1. The van der Waals surface area contributed by atoms with Gasteiger partial charge >= 0.3 is 5.97 Å². The summed E-state index contributed by atoms with van der Waals surface area (Å²) in [6.07, 6.45) is 0. The van der Waals surface area contributed by atoms with Gasteiger partial charge in [0, 0.05) is 21.1 Å². The van der Waals surface area contributed by atoms with Gasteiger partial charge in [0.1, 0.15) is 0 Å². The number of hydrogen-bond donors (Lipinski definition) is 1. The predicted molar refractivity (Wildman–Crippen MR) is 73.9 cm³/mol. The maximum atomic E-state index is 12.1. The van der Waals surface area contributed by atoms with Crippen LogP contribution in [-0.2, 0) is 4.79 Å². The van der Waals surface area contributed by atoms with E-state index in [2.05, 4.69) is 38.5 Å². The zero-order valence-corrected chi connectivity index (χ0v) is 12.4. The fraction of sp³-hybridized carbons (Fsp3) is 0.273. The monoisotopic (exact) mass is 409 g/mol. The highest BCUT2D eigenvalue weighted by molar-refractivity contribution is 14.1. The number of likely N-dealkylation sites (tertiary alicyclic amines) is 1. The van der Waals surface area contributed by atoms with Crippen LogP contribution in [0, 0.1) is 9.49 Å². The first-order valence-electron chi connectivity index (χ1n) is 4.96. The Morgan fingerprint density at radius 2 is 2.06 bits per heavy atom. The first kappa shape index (κ1) is 12.8. The lowest BCUT2D eigenvalue weighted by molar-refractivity contribution is -0.146. The molecule has 0 atom stereocenters. The Balaban J connectivity index is 2.11. The van der Waals surface area contributed by atoms with Gasteiger partial charge in [-0.25, -0.2) is 0 Å². The fourth-order valence-corrected chi connectivity index (χ4v) is 2.54. The summed E-state index contributed by atoms with van der Waals surface area (Å²) in [5.74, 6) is -1.37.